The van der Waals surface area contributed by atoms with Gasteiger partial charge in [0, 0.05) is 38.3 Å². The van der Waals surface area contributed by atoms with Gasteiger partial charge in [0.1, 0.15) is 0 Å². The maximum Gasteiger partial charge on any atom is 0.159 e. The fourth-order valence-corrected chi connectivity index (χ4v) is 2.97. The maximum absolute atomic E-state index is 11.4. The van der Waals surface area contributed by atoms with Crippen LogP contribution in [0.25, 0.3) is 0 Å². The highest BCUT2D eigenvalue weighted by atomic mass is 35.5. The van der Waals surface area contributed by atoms with Gasteiger partial charge in [-0.15, -0.1) is 0 Å². The summed E-state index contributed by atoms with van der Waals surface area (Å²) in [6.45, 7) is 11.4. The van der Waals surface area contributed by atoms with E-state index in [-0.39, 0.29) is 5.78 Å². The van der Waals surface area contributed by atoms with Gasteiger partial charge in [0.2, 0.25) is 0 Å². The van der Waals surface area contributed by atoms with Crippen LogP contribution in [0.4, 0.5) is 5.69 Å². The molecule has 1 aromatic carbocycles. The van der Waals surface area contributed by atoms with Gasteiger partial charge in [-0.1, -0.05) is 25.4 Å². The van der Waals surface area contributed by atoms with Gasteiger partial charge in [-0.05, 0) is 31.0 Å². The number of rotatable bonds is 4. The van der Waals surface area contributed by atoms with E-state index in [2.05, 4.69) is 23.6 Å². The Labute approximate surface area is 126 Å². The average molecular weight is 295 g/mol. The van der Waals surface area contributed by atoms with Crippen molar-refractivity contribution in [1.82, 2.24) is 4.90 Å². The van der Waals surface area contributed by atoms with E-state index in [0.29, 0.717) is 16.5 Å². The molecule has 0 unspecified atom stereocenters. The number of carbonyl (C=O) groups is 1. The van der Waals surface area contributed by atoms with Crippen molar-refractivity contribution in [2.45, 2.75) is 20.8 Å². The zero-order valence-electron chi connectivity index (χ0n) is 12.5. The molecule has 1 heterocycles. The van der Waals surface area contributed by atoms with Crippen LogP contribution in [0, 0.1) is 5.92 Å². The van der Waals surface area contributed by atoms with Crippen LogP contribution in [0.1, 0.15) is 31.1 Å². The van der Waals surface area contributed by atoms with Crippen molar-refractivity contribution in [2.75, 3.05) is 37.6 Å². The molecular formula is C16H23ClN2O. The first-order chi connectivity index (χ1) is 9.47. The highest BCUT2D eigenvalue weighted by Gasteiger charge is 2.19. The first kappa shape index (κ1) is 15.3. The van der Waals surface area contributed by atoms with Gasteiger partial charge in [0.25, 0.3) is 0 Å². The molecule has 0 aromatic heterocycles. The lowest BCUT2D eigenvalue weighted by Crippen LogP contribution is -2.47. The van der Waals surface area contributed by atoms with Gasteiger partial charge in [0.05, 0.1) is 10.7 Å². The van der Waals surface area contributed by atoms with Crippen LogP contribution in [-0.2, 0) is 0 Å². The second-order valence-electron chi connectivity index (χ2n) is 5.90. The van der Waals surface area contributed by atoms with Crippen molar-refractivity contribution in [2.24, 2.45) is 5.92 Å². The van der Waals surface area contributed by atoms with Gasteiger partial charge in [-0.25, -0.2) is 0 Å². The zero-order valence-corrected chi connectivity index (χ0v) is 13.3. The van der Waals surface area contributed by atoms with Crippen LogP contribution in [0.2, 0.25) is 5.02 Å². The predicted octanol–water partition coefficient (Wildman–Crippen LogP) is 3.32. The molecule has 4 heteroatoms. The number of carbonyl (C=O) groups excluding carboxylic acids is 1. The summed E-state index contributed by atoms with van der Waals surface area (Å²) in [5.41, 5.74) is 1.72. The Bertz CT molecular complexity index is 479. The lowest BCUT2D eigenvalue weighted by molar-refractivity contribution is 0.101. The van der Waals surface area contributed by atoms with E-state index in [9.17, 15) is 4.79 Å². The second-order valence-corrected chi connectivity index (χ2v) is 6.31. The number of ketones is 1. The normalized spacial score (nSPS) is 16.8. The Balaban J connectivity index is 2.02. The van der Waals surface area contributed by atoms with Crippen LogP contribution in [-0.4, -0.2) is 43.4 Å². The first-order valence-electron chi connectivity index (χ1n) is 7.25. The fraction of sp³-hybridized carbons (Fsp3) is 0.562. The molecule has 20 heavy (non-hydrogen) atoms. The summed E-state index contributed by atoms with van der Waals surface area (Å²) in [6, 6.07) is 5.61. The van der Waals surface area contributed by atoms with Crippen LogP contribution in [0.3, 0.4) is 0 Å². The van der Waals surface area contributed by atoms with Crippen molar-refractivity contribution in [3.05, 3.63) is 28.8 Å². The largest absolute Gasteiger partial charge is 0.368 e. The van der Waals surface area contributed by atoms with Crippen molar-refractivity contribution >= 4 is 23.1 Å². The summed E-state index contributed by atoms with van der Waals surface area (Å²) in [5, 5.41) is 0.676. The third-order valence-corrected chi connectivity index (χ3v) is 3.99. The van der Waals surface area contributed by atoms with E-state index in [1.54, 1.807) is 13.0 Å². The summed E-state index contributed by atoms with van der Waals surface area (Å²) >= 11 is 6.32. The third-order valence-electron chi connectivity index (χ3n) is 3.69. The van der Waals surface area contributed by atoms with E-state index >= 15 is 0 Å². The lowest BCUT2D eigenvalue weighted by Gasteiger charge is -2.37. The molecule has 0 atom stereocenters. The molecule has 1 fully saturated rings. The fourth-order valence-electron chi connectivity index (χ4n) is 2.67. The number of hydrogen-bond acceptors (Lipinski definition) is 3. The standard InChI is InChI=1S/C16H23ClN2O/c1-12(2)11-18-6-8-19(9-7-18)16-5-4-14(13(3)20)10-15(16)17/h4-5,10,12H,6-9,11H2,1-3H3. The second kappa shape index (κ2) is 6.59. The monoisotopic (exact) mass is 294 g/mol. The van der Waals surface area contributed by atoms with Gasteiger partial charge < -0.3 is 4.90 Å². The molecule has 1 aromatic rings. The predicted molar refractivity (Wildman–Crippen MR) is 84.9 cm³/mol. The average Bonchev–Trinajstić information content (AvgIpc) is 2.39. The first-order valence-corrected chi connectivity index (χ1v) is 7.63. The summed E-state index contributed by atoms with van der Waals surface area (Å²) in [7, 11) is 0. The molecular weight excluding hydrogens is 272 g/mol. The van der Waals surface area contributed by atoms with Crippen LogP contribution in [0.15, 0.2) is 18.2 Å². The van der Waals surface area contributed by atoms with E-state index in [1.807, 2.05) is 12.1 Å². The molecule has 0 bridgehead atoms. The molecule has 0 saturated carbocycles. The number of anilines is 1. The SMILES string of the molecule is CC(=O)c1ccc(N2CCN(CC(C)C)CC2)c(Cl)c1. The van der Waals surface area contributed by atoms with Crippen molar-refractivity contribution in [3.63, 3.8) is 0 Å². The van der Waals surface area contributed by atoms with Gasteiger partial charge in [0.15, 0.2) is 5.78 Å². The summed E-state index contributed by atoms with van der Waals surface area (Å²) < 4.78 is 0. The third kappa shape index (κ3) is 3.74. The molecule has 1 saturated heterocycles. The summed E-state index contributed by atoms with van der Waals surface area (Å²) in [4.78, 5) is 16.2. The lowest BCUT2D eigenvalue weighted by atomic mass is 10.1. The van der Waals surface area contributed by atoms with E-state index in [1.165, 1.54) is 0 Å². The molecule has 1 aliphatic rings. The molecule has 0 spiro atoms. The quantitative estimate of drug-likeness (QED) is 0.796. The van der Waals surface area contributed by atoms with Crippen molar-refractivity contribution in [3.8, 4) is 0 Å². The van der Waals surface area contributed by atoms with Crippen LogP contribution in [0.5, 0.6) is 0 Å². The maximum atomic E-state index is 11.4. The molecule has 0 N–H and O–H groups in total. The van der Waals surface area contributed by atoms with E-state index in [0.717, 1.165) is 38.4 Å². The van der Waals surface area contributed by atoms with Crippen molar-refractivity contribution < 1.29 is 4.79 Å². The number of nitrogens with zero attached hydrogens (tertiary/aromatic N) is 2. The Morgan fingerprint density at radius 3 is 2.40 bits per heavy atom. The highest BCUT2D eigenvalue weighted by molar-refractivity contribution is 6.33. The van der Waals surface area contributed by atoms with Gasteiger partial charge in [-0.2, -0.15) is 0 Å². The topological polar surface area (TPSA) is 23.6 Å². The number of benzene rings is 1. The Hall–Kier alpha value is -1.06. The van der Waals surface area contributed by atoms with Crippen molar-refractivity contribution in [1.29, 1.82) is 0 Å². The molecule has 1 aliphatic heterocycles. The molecule has 3 nitrogen and oxygen atoms in total. The minimum Gasteiger partial charge on any atom is -0.368 e. The molecule has 110 valence electrons. The number of Topliss-reactive ketones (excluding diaryl/α,β-unsaturated/α-hetero) is 1. The van der Waals surface area contributed by atoms with Crippen LogP contribution >= 0.6 is 11.6 Å². The van der Waals surface area contributed by atoms with Gasteiger partial charge >= 0.3 is 0 Å². The smallest absolute Gasteiger partial charge is 0.159 e. The minimum absolute atomic E-state index is 0.0557. The molecule has 0 aliphatic carbocycles. The summed E-state index contributed by atoms with van der Waals surface area (Å²) in [5.74, 6) is 0.764. The molecule has 0 amide bonds. The van der Waals surface area contributed by atoms with Gasteiger partial charge in [-0.3, -0.25) is 9.69 Å². The molecule has 2 rings (SSSR count). The Kier molecular flexibility index (Phi) is 5.06. The van der Waals surface area contributed by atoms with E-state index < -0.39 is 0 Å². The highest BCUT2D eigenvalue weighted by Crippen LogP contribution is 2.28. The Morgan fingerprint density at radius 1 is 1.25 bits per heavy atom. The minimum atomic E-state index is 0.0557. The number of hydrogen-bond donors (Lipinski definition) is 0. The number of piperazine rings is 1. The van der Waals surface area contributed by atoms with Crippen LogP contribution < -0.4 is 4.90 Å². The Morgan fingerprint density at radius 2 is 1.90 bits per heavy atom. The number of halogens is 1. The summed E-state index contributed by atoms with van der Waals surface area (Å²) in [6.07, 6.45) is 0. The molecule has 0 radical (unpaired) electrons. The van der Waals surface area contributed by atoms with E-state index in [4.69, 9.17) is 11.6 Å². The zero-order chi connectivity index (χ0) is 14.7.